The van der Waals surface area contributed by atoms with E-state index >= 15 is 0 Å². The van der Waals surface area contributed by atoms with Crippen molar-refractivity contribution in [2.45, 2.75) is 6.18 Å². The molecule has 0 radical (unpaired) electrons. The minimum absolute atomic E-state index is 0.0168. The van der Waals surface area contributed by atoms with Crippen LogP contribution in [0.15, 0.2) is 53.5 Å². The number of anilines is 1. The van der Waals surface area contributed by atoms with Crippen LogP contribution in [0.4, 0.5) is 18.9 Å². The molecule has 0 unspecified atom stereocenters. The SMILES string of the molecule is COc1cc(N(O)C(=O)c2c[nH]c3ccccc3c2=O)cc(C(F)(F)F)c1. The molecule has 0 bridgehead atoms. The fourth-order valence-electron chi connectivity index (χ4n) is 2.54. The summed E-state index contributed by atoms with van der Waals surface area (Å²) in [6, 6.07) is 8.75. The smallest absolute Gasteiger partial charge is 0.416 e. The van der Waals surface area contributed by atoms with Crippen molar-refractivity contribution in [1.29, 1.82) is 0 Å². The van der Waals surface area contributed by atoms with E-state index in [0.717, 1.165) is 25.4 Å². The molecule has 2 N–H and O–H groups in total. The molecule has 0 atom stereocenters. The number of carbonyl (C=O) groups is 1. The van der Waals surface area contributed by atoms with Crippen LogP contribution in [-0.2, 0) is 6.18 Å². The maximum atomic E-state index is 13.0. The number of hydrogen-bond donors (Lipinski definition) is 2. The van der Waals surface area contributed by atoms with Crippen LogP contribution in [0.25, 0.3) is 10.9 Å². The molecular weight excluding hydrogens is 365 g/mol. The van der Waals surface area contributed by atoms with Gasteiger partial charge in [-0.05, 0) is 24.3 Å². The summed E-state index contributed by atoms with van der Waals surface area (Å²) < 4.78 is 43.8. The maximum absolute atomic E-state index is 13.0. The average molecular weight is 378 g/mol. The Balaban J connectivity index is 2.06. The number of aromatic nitrogens is 1. The zero-order chi connectivity index (χ0) is 19.8. The summed E-state index contributed by atoms with van der Waals surface area (Å²) in [5.41, 5.74) is -2.21. The van der Waals surface area contributed by atoms with Gasteiger partial charge < -0.3 is 9.72 Å². The lowest BCUT2D eigenvalue weighted by molar-refractivity contribution is -0.137. The summed E-state index contributed by atoms with van der Waals surface area (Å²) in [6.07, 6.45) is -3.62. The van der Waals surface area contributed by atoms with Crippen molar-refractivity contribution in [3.63, 3.8) is 0 Å². The predicted octanol–water partition coefficient (Wildman–Crippen LogP) is 3.59. The summed E-state index contributed by atoms with van der Waals surface area (Å²) in [6.45, 7) is 0. The molecule has 9 heteroatoms. The van der Waals surface area contributed by atoms with E-state index in [1.807, 2.05) is 0 Å². The summed E-state index contributed by atoms with van der Waals surface area (Å²) in [4.78, 5) is 27.7. The van der Waals surface area contributed by atoms with Gasteiger partial charge in [0.2, 0.25) is 5.43 Å². The lowest BCUT2D eigenvalue weighted by Gasteiger charge is -2.18. The molecular formula is C18H13F3N2O4. The Morgan fingerprint density at radius 2 is 1.89 bits per heavy atom. The van der Waals surface area contributed by atoms with Gasteiger partial charge in [0.25, 0.3) is 5.91 Å². The number of halogens is 3. The van der Waals surface area contributed by atoms with E-state index in [9.17, 15) is 28.0 Å². The number of amides is 1. The lowest BCUT2D eigenvalue weighted by Crippen LogP contribution is -2.31. The number of hydrogen-bond acceptors (Lipinski definition) is 4. The lowest BCUT2D eigenvalue weighted by atomic mass is 10.1. The monoisotopic (exact) mass is 378 g/mol. The van der Waals surface area contributed by atoms with Gasteiger partial charge in [0.05, 0.1) is 18.4 Å². The van der Waals surface area contributed by atoms with Crippen LogP contribution < -0.4 is 15.2 Å². The van der Waals surface area contributed by atoms with Crippen LogP contribution in [0.2, 0.25) is 0 Å². The molecule has 0 aliphatic carbocycles. The molecule has 1 aromatic heterocycles. The third kappa shape index (κ3) is 3.49. The number of rotatable bonds is 3. The Morgan fingerprint density at radius 3 is 2.56 bits per heavy atom. The number of nitrogens with one attached hydrogen (secondary N) is 1. The molecule has 2 aromatic carbocycles. The number of para-hydroxylation sites is 1. The van der Waals surface area contributed by atoms with Gasteiger partial charge >= 0.3 is 6.18 Å². The van der Waals surface area contributed by atoms with Crippen molar-refractivity contribution in [3.8, 4) is 5.75 Å². The molecule has 3 rings (SSSR count). The topological polar surface area (TPSA) is 82.6 Å². The van der Waals surface area contributed by atoms with Crippen LogP contribution >= 0.6 is 0 Å². The van der Waals surface area contributed by atoms with Gasteiger partial charge in [-0.3, -0.25) is 14.8 Å². The summed E-state index contributed by atoms with van der Waals surface area (Å²) in [5, 5.41) is 10.3. The van der Waals surface area contributed by atoms with Crippen molar-refractivity contribution in [3.05, 3.63) is 70.0 Å². The Hall–Kier alpha value is -3.33. The minimum atomic E-state index is -4.71. The number of pyridine rings is 1. The Labute approximate surface area is 150 Å². The van der Waals surface area contributed by atoms with Gasteiger partial charge in [0.1, 0.15) is 11.3 Å². The molecule has 1 amide bonds. The fraction of sp³-hybridized carbons (Fsp3) is 0.111. The van der Waals surface area contributed by atoms with E-state index in [1.165, 1.54) is 6.07 Å². The van der Waals surface area contributed by atoms with Gasteiger partial charge in [-0.2, -0.15) is 18.2 Å². The van der Waals surface area contributed by atoms with Crippen molar-refractivity contribution < 1.29 is 27.9 Å². The average Bonchev–Trinajstić information content (AvgIpc) is 2.66. The molecule has 140 valence electrons. The molecule has 1 heterocycles. The summed E-state index contributed by atoms with van der Waals surface area (Å²) in [7, 11) is 1.15. The Kier molecular flexibility index (Phi) is 4.63. The third-order valence-corrected chi connectivity index (χ3v) is 3.91. The predicted molar refractivity (Wildman–Crippen MR) is 91.2 cm³/mol. The van der Waals surface area contributed by atoms with Crippen molar-refractivity contribution in [1.82, 2.24) is 4.98 Å². The van der Waals surface area contributed by atoms with Crippen LogP contribution in [0.3, 0.4) is 0 Å². The fourth-order valence-corrected chi connectivity index (χ4v) is 2.54. The Morgan fingerprint density at radius 1 is 1.19 bits per heavy atom. The van der Waals surface area contributed by atoms with Crippen LogP contribution in [0, 0.1) is 0 Å². The Bertz CT molecular complexity index is 1080. The molecule has 0 aliphatic rings. The number of hydroxylamine groups is 1. The highest BCUT2D eigenvalue weighted by Crippen LogP contribution is 2.35. The molecule has 0 spiro atoms. The highest BCUT2D eigenvalue weighted by molar-refractivity contribution is 6.05. The number of aromatic amines is 1. The number of fused-ring (bicyclic) bond motifs is 1. The van der Waals surface area contributed by atoms with Gasteiger partial charge in [-0.1, -0.05) is 12.1 Å². The second-order valence-electron chi connectivity index (χ2n) is 5.61. The first kappa shape index (κ1) is 18.5. The first-order valence-corrected chi connectivity index (χ1v) is 7.62. The van der Waals surface area contributed by atoms with Gasteiger partial charge in [-0.25, -0.2) is 0 Å². The second kappa shape index (κ2) is 6.76. The normalized spacial score (nSPS) is 11.4. The van der Waals surface area contributed by atoms with E-state index in [4.69, 9.17) is 4.74 Å². The van der Waals surface area contributed by atoms with E-state index < -0.39 is 34.3 Å². The van der Waals surface area contributed by atoms with Crippen molar-refractivity contribution in [2.75, 3.05) is 12.2 Å². The number of H-pyrrole nitrogens is 1. The summed E-state index contributed by atoms with van der Waals surface area (Å²) in [5.74, 6) is -1.39. The quantitative estimate of drug-likeness (QED) is 0.539. The largest absolute Gasteiger partial charge is 0.497 e. The number of benzene rings is 2. The second-order valence-corrected chi connectivity index (χ2v) is 5.61. The molecule has 0 saturated carbocycles. The third-order valence-electron chi connectivity index (χ3n) is 3.91. The minimum Gasteiger partial charge on any atom is -0.497 e. The first-order chi connectivity index (χ1) is 12.7. The van der Waals surface area contributed by atoms with E-state index in [2.05, 4.69) is 4.98 Å². The molecule has 6 nitrogen and oxygen atoms in total. The zero-order valence-corrected chi connectivity index (χ0v) is 13.9. The first-order valence-electron chi connectivity index (χ1n) is 7.62. The van der Waals surface area contributed by atoms with E-state index in [0.29, 0.717) is 11.6 Å². The highest BCUT2D eigenvalue weighted by atomic mass is 19.4. The van der Waals surface area contributed by atoms with Gasteiger partial charge in [-0.15, -0.1) is 0 Å². The van der Waals surface area contributed by atoms with Gasteiger partial charge in [0, 0.05) is 23.2 Å². The van der Waals surface area contributed by atoms with E-state index in [-0.39, 0.29) is 16.2 Å². The number of alkyl halides is 3. The molecule has 27 heavy (non-hydrogen) atoms. The van der Waals surface area contributed by atoms with Crippen LogP contribution in [0.1, 0.15) is 15.9 Å². The maximum Gasteiger partial charge on any atom is 0.416 e. The number of ether oxygens (including phenoxy) is 1. The number of carbonyl (C=O) groups excluding carboxylic acids is 1. The zero-order valence-electron chi connectivity index (χ0n) is 13.9. The molecule has 3 aromatic rings. The number of nitrogens with zero attached hydrogens (tertiary/aromatic N) is 1. The van der Waals surface area contributed by atoms with Crippen molar-refractivity contribution >= 4 is 22.5 Å². The molecule has 0 fully saturated rings. The van der Waals surface area contributed by atoms with Crippen LogP contribution in [-0.4, -0.2) is 23.2 Å². The summed E-state index contributed by atoms with van der Waals surface area (Å²) >= 11 is 0. The van der Waals surface area contributed by atoms with E-state index in [1.54, 1.807) is 18.2 Å². The molecule has 0 saturated heterocycles. The van der Waals surface area contributed by atoms with Gasteiger partial charge in [0.15, 0.2) is 0 Å². The highest BCUT2D eigenvalue weighted by Gasteiger charge is 2.32. The molecule has 0 aliphatic heterocycles. The number of methoxy groups -OCH3 is 1. The van der Waals surface area contributed by atoms with Crippen LogP contribution in [0.5, 0.6) is 5.75 Å². The van der Waals surface area contributed by atoms with Crippen molar-refractivity contribution in [2.24, 2.45) is 0 Å². The standard InChI is InChI=1S/C18H13F3N2O4/c1-27-12-7-10(18(19,20)21)6-11(8-12)23(26)17(25)14-9-22-15-5-3-2-4-13(15)16(14)24/h2-9,26H,1H3,(H,22,24).